The van der Waals surface area contributed by atoms with E-state index in [1.807, 2.05) is 18.7 Å². The van der Waals surface area contributed by atoms with E-state index in [0.29, 0.717) is 13.1 Å². The summed E-state index contributed by atoms with van der Waals surface area (Å²) in [5.74, 6) is -1.35. The molecule has 20 heavy (non-hydrogen) atoms. The molecule has 2 rings (SSSR count). The second-order valence-electron chi connectivity index (χ2n) is 5.92. The molecule has 0 saturated carbocycles. The minimum Gasteiger partial charge on any atom is -0.481 e. The van der Waals surface area contributed by atoms with Crippen LogP contribution in [0.15, 0.2) is 0 Å². The molecule has 0 radical (unpaired) electrons. The molecule has 3 atom stereocenters. The molecule has 0 bridgehead atoms. The zero-order valence-electron chi connectivity index (χ0n) is 12.2. The van der Waals surface area contributed by atoms with Gasteiger partial charge in [0.2, 0.25) is 11.8 Å². The minimum absolute atomic E-state index is 0.0602. The monoisotopic (exact) mass is 282 g/mol. The van der Waals surface area contributed by atoms with E-state index in [4.69, 9.17) is 5.11 Å². The number of carboxylic acid groups (broad SMARTS) is 1. The fourth-order valence-electron chi connectivity index (χ4n) is 2.89. The third-order valence-electron chi connectivity index (χ3n) is 4.67. The van der Waals surface area contributed by atoms with Gasteiger partial charge < -0.3 is 5.11 Å². The van der Waals surface area contributed by atoms with Crippen LogP contribution in [0.25, 0.3) is 0 Å². The van der Waals surface area contributed by atoms with Gasteiger partial charge in [0, 0.05) is 19.1 Å². The first kappa shape index (κ1) is 15.0. The van der Waals surface area contributed by atoms with Crippen LogP contribution in [0.1, 0.15) is 33.6 Å². The number of aliphatic carboxylic acids is 1. The van der Waals surface area contributed by atoms with E-state index >= 15 is 0 Å². The smallest absolute Gasteiger partial charge is 0.306 e. The van der Waals surface area contributed by atoms with Crippen molar-refractivity contribution in [2.75, 3.05) is 13.1 Å². The lowest BCUT2D eigenvalue weighted by Gasteiger charge is -2.43. The highest BCUT2D eigenvalue weighted by Crippen LogP contribution is 2.31. The molecule has 2 aliphatic rings. The van der Waals surface area contributed by atoms with E-state index in [1.165, 1.54) is 4.90 Å². The van der Waals surface area contributed by atoms with E-state index in [2.05, 4.69) is 0 Å². The number of hydrogen-bond acceptors (Lipinski definition) is 4. The van der Waals surface area contributed by atoms with Gasteiger partial charge in [-0.15, -0.1) is 0 Å². The van der Waals surface area contributed by atoms with Crippen molar-refractivity contribution in [1.29, 1.82) is 0 Å². The van der Waals surface area contributed by atoms with Gasteiger partial charge in [-0.3, -0.25) is 24.2 Å². The molecular formula is C14H22N2O4. The molecule has 0 aliphatic carbocycles. The zero-order valence-corrected chi connectivity index (χ0v) is 12.2. The van der Waals surface area contributed by atoms with Gasteiger partial charge in [0.15, 0.2) is 0 Å². The van der Waals surface area contributed by atoms with E-state index in [-0.39, 0.29) is 36.2 Å². The lowest BCUT2D eigenvalue weighted by Crippen LogP contribution is -2.57. The molecule has 2 fully saturated rings. The maximum atomic E-state index is 12.3. The molecule has 0 aromatic carbocycles. The van der Waals surface area contributed by atoms with Crippen molar-refractivity contribution in [3.63, 3.8) is 0 Å². The fraction of sp³-hybridized carbons (Fsp3) is 0.786. The standard InChI is InChI=1S/C14H22N2O4/c1-4-8(2)16-12(17)5-11(13(16)18)15-6-10(7-15)9(3)14(19)20/h8-11H,4-7H2,1-3H3,(H,19,20). The number of rotatable bonds is 5. The summed E-state index contributed by atoms with van der Waals surface area (Å²) in [5, 5.41) is 8.96. The Balaban J connectivity index is 1.95. The van der Waals surface area contributed by atoms with Crippen molar-refractivity contribution in [3.05, 3.63) is 0 Å². The van der Waals surface area contributed by atoms with Gasteiger partial charge in [-0.05, 0) is 19.3 Å². The van der Waals surface area contributed by atoms with Crippen LogP contribution in [0.5, 0.6) is 0 Å². The lowest BCUT2D eigenvalue weighted by molar-refractivity contribution is -0.147. The van der Waals surface area contributed by atoms with Crippen molar-refractivity contribution in [2.45, 2.75) is 45.7 Å². The van der Waals surface area contributed by atoms with Gasteiger partial charge in [0.05, 0.1) is 18.4 Å². The average molecular weight is 282 g/mol. The summed E-state index contributed by atoms with van der Waals surface area (Å²) in [6.07, 6.45) is 0.986. The van der Waals surface area contributed by atoms with Crippen LogP contribution < -0.4 is 0 Å². The van der Waals surface area contributed by atoms with Crippen molar-refractivity contribution in [3.8, 4) is 0 Å². The van der Waals surface area contributed by atoms with Gasteiger partial charge in [-0.1, -0.05) is 13.8 Å². The molecule has 2 aliphatic heterocycles. The first-order valence-electron chi connectivity index (χ1n) is 7.19. The summed E-state index contributed by atoms with van der Waals surface area (Å²) in [4.78, 5) is 38.5. The fourth-order valence-corrected chi connectivity index (χ4v) is 2.89. The quantitative estimate of drug-likeness (QED) is 0.746. The van der Waals surface area contributed by atoms with Crippen LogP contribution in [0.3, 0.4) is 0 Å². The lowest BCUT2D eigenvalue weighted by atomic mass is 9.85. The summed E-state index contributed by atoms with van der Waals surface area (Å²) in [6, 6.07) is -0.441. The Morgan fingerprint density at radius 3 is 2.45 bits per heavy atom. The van der Waals surface area contributed by atoms with Gasteiger partial charge in [0.1, 0.15) is 0 Å². The Bertz CT molecular complexity index is 431. The molecular weight excluding hydrogens is 260 g/mol. The van der Waals surface area contributed by atoms with E-state index in [9.17, 15) is 14.4 Å². The van der Waals surface area contributed by atoms with E-state index < -0.39 is 11.9 Å². The number of carbonyl (C=O) groups excluding carboxylic acids is 2. The second kappa shape index (κ2) is 5.52. The SMILES string of the molecule is CCC(C)N1C(=O)CC(N2CC(C(C)C(=O)O)C2)C1=O. The highest BCUT2D eigenvalue weighted by atomic mass is 16.4. The molecule has 2 amide bonds. The molecule has 3 unspecified atom stereocenters. The Kier molecular flexibility index (Phi) is 4.13. The molecule has 2 heterocycles. The maximum Gasteiger partial charge on any atom is 0.306 e. The summed E-state index contributed by atoms with van der Waals surface area (Å²) >= 11 is 0. The van der Waals surface area contributed by atoms with E-state index in [0.717, 1.165) is 6.42 Å². The third-order valence-corrected chi connectivity index (χ3v) is 4.67. The van der Waals surface area contributed by atoms with Crippen molar-refractivity contribution in [1.82, 2.24) is 9.80 Å². The first-order chi connectivity index (χ1) is 9.36. The van der Waals surface area contributed by atoms with Crippen molar-refractivity contribution < 1.29 is 19.5 Å². The predicted molar refractivity (Wildman–Crippen MR) is 71.9 cm³/mol. The molecule has 0 spiro atoms. The Labute approximate surface area is 118 Å². The zero-order chi connectivity index (χ0) is 15.0. The van der Waals surface area contributed by atoms with Crippen LogP contribution in [-0.2, 0) is 14.4 Å². The Morgan fingerprint density at radius 1 is 1.35 bits per heavy atom. The second-order valence-corrected chi connectivity index (χ2v) is 5.92. The molecule has 6 heteroatoms. The van der Waals surface area contributed by atoms with Crippen LogP contribution in [0, 0.1) is 11.8 Å². The van der Waals surface area contributed by atoms with E-state index in [1.54, 1.807) is 6.92 Å². The normalized spacial score (nSPS) is 27.6. The number of likely N-dealkylation sites (tertiary alicyclic amines) is 2. The van der Waals surface area contributed by atoms with Gasteiger partial charge >= 0.3 is 5.97 Å². The third kappa shape index (κ3) is 2.44. The highest BCUT2D eigenvalue weighted by molar-refractivity contribution is 6.05. The number of carboxylic acids is 1. The number of amides is 2. The number of hydrogen-bond donors (Lipinski definition) is 1. The van der Waals surface area contributed by atoms with Crippen LogP contribution >= 0.6 is 0 Å². The highest BCUT2D eigenvalue weighted by Gasteiger charge is 2.48. The molecule has 6 nitrogen and oxygen atoms in total. The first-order valence-corrected chi connectivity index (χ1v) is 7.19. The summed E-state index contributed by atoms with van der Waals surface area (Å²) in [6.45, 7) is 6.70. The molecule has 0 aromatic heterocycles. The largest absolute Gasteiger partial charge is 0.481 e. The van der Waals surface area contributed by atoms with Gasteiger partial charge in [0.25, 0.3) is 0 Å². The molecule has 112 valence electrons. The summed E-state index contributed by atoms with van der Waals surface area (Å²) in [5.41, 5.74) is 0. The number of nitrogens with zero attached hydrogens (tertiary/aromatic N) is 2. The van der Waals surface area contributed by atoms with Crippen LogP contribution in [0.2, 0.25) is 0 Å². The molecule has 1 N–H and O–H groups in total. The predicted octanol–water partition coefficient (Wildman–Crippen LogP) is 0.565. The number of carbonyl (C=O) groups is 3. The topological polar surface area (TPSA) is 77.9 Å². The van der Waals surface area contributed by atoms with Crippen molar-refractivity contribution >= 4 is 17.8 Å². The Morgan fingerprint density at radius 2 is 1.95 bits per heavy atom. The van der Waals surface area contributed by atoms with Gasteiger partial charge in [-0.2, -0.15) is 0 Å². The molecule has 2 saturated heterocycles. The van der Waals surface area contributed by atoms with Crippen LogP contribution in [0.4, 0.5) is 0 Å². The van der Waals surface area contributed by atoms with Crippen LogP contribution in [-0.4, -0.2) is 57.9 Å². The summed E-state index contributed by atoms with van der Waals surface area (Å²) in [7, 11) is 0. The number of imide groups is 1. The molecule has 0 aromatic rings. The summed E-state index contributed by atoms with van der Waals surface area (Å²) < 4.78 is 0. The Hall–Kier alpha value is -1.43. The van der Waals surface area contributed by atoms with Gasteiger partial charge in [-0.25, -0.2) is 0 Å². The van der Waals surface area contributed by atoms with Crippen molar-refractivity contribution in [2.24, 2.45) is 11.8 Å². The minimum atomic E-state index is -0.801. The maximum absolute atomic E-state index is 12.3. The average Bonchev–Trinajstić information content (AvgIpc) is 2.62.